The second-order valence-corrected chi connectivity index (χ2v) is 10.3. The monoisotopic (exact) mass is 592 g/mol. The van der Waals surface area contributed by atoms with Crippen LogP contribution in [0.2, 0.25) is 5.02 Å². The smallest absolute Gasteiger partial charge is 0.326 e. The molecule has 0 bridgehead atoms. The summed E-state index contributed by atoms with van der Waals surface area (Å²) in [7, 11) is 0. The molecule has 3 aromatic carbocycles. The van der Waals surface area contributed by atoms with Crippen LogP contribution in [0.25, 0.3) is 0 Å². The van der Waals surface area contributed by atoms with Gasteiger partial charge >= 0.3 is 18.0 Å². The molecule has 1 aliphatic heterocycles. The molecule has 2 atom stereocenters. The Labute approximate surface area is 246 Å². The van der Waals surface area contributed by atoms with Crippen molar-refractivity contribution >= 4 is 52.8 Å². The summed E-state index contributed by atoms with van der Waals surface area (Å²) < 4.78 is 0. The number of carboxylic acids is 2. The molecule has 0 aliphatic carbocycles. The van der Waals surface area contributed by atoms with Gasteiger partial charge in [0, 0.05) is 42.7 Å². The Bertz CT molecular complexity index is 1510. The summed E-state index contributed by atoms with van der Waals surface area (Å²) in [5, 5.41) is 27.2. The fourth-order valence-electron chi connectivity index (χ4n) is 4.71. The zero-order valence-electron chi connectivity index (χ0n) is 22.6. The first-order valence-corrected chi connectivity index (χ1v) is 13.4. The van der Waals surface area contributed by atoms with Crippen LogP contribution in [0.1, 0.15) is 41.6 Å². The summed E-state index contributed by atoms with van der Waals surface area (Å²) in [6.45, 7) is 1.43. The third-order valence-corrected chi connectivity index (χ3v) is 7.06. The summed E-state index contributed by atoms with van der Waals surface area (Å²) >= 11 is 5.87. The molecule has 0 spiro atoms. The quantitative estimate of drug-likeness (QED) is 0.235. The number of carbonyl (C=O) groups excluding carboxylic acids is 3. The van der Waals surface area contributed by atoms with E-state index in [9.17, 15) is 29.1 Å². The Morgan fingerprint density at radius 1 is 0.905 bits per heavy atom. The van der Waals surface area contributed by atoms with Crippen LogP contribution in [0.5, 0.6) is 0 Å². The van der Waals surface area contributed by atoms with E-state index in [1.54, 1.807) is 66.7 Å². The molecular formula is C30H29ClN4O7. The van der Waals surface area contributed by atoms with E-state index in [0.29, 0.717) is 39.5 Å². The number of urea groups is 1. The highest BCUT2D eigenvalue weighted by molar-refractivity contribution is 6.30. The Morgan fingerprint density at radius 3 is 2.14 bits per heavy atom. The Kier molecular flexibility index (Phi) is 9.43. The van der Waals surface area contributed by atoms with Gasteiger partial charge in [0.2, 0.25) is 11.8 Å². The molecule has 0 fully saturated rings. The van der Waals surface area contributed by atoms with Gasteiger partial charge in [-0.2, -0.15) is 0 Å². The predicted octanol–water partition coefficient (Wildman–Crippen LogP) is 4.22. The lowest BCUT2D eigenvalue weighted by Crippen LogP contribution is -2.47. The number of nitrogens with one attached hydrogen (secondary N) is 3. The standard InChI is InChI=1S/C30H29ClN4O7/c1-17(36)35-16-20-15-23(33-30(42)32-22-9-7-21(31)8-10-22)11-12-24(20)27(35)28(39)34-25(29(40)41)14-19-4-2-18(3-5-19)6-13-26(37)38/h2-5,7-12,15,25,27H,6,13-14,16H2,1H3,(H,34,39)(H,37,38)(H,40,41)(H2,32,33,42). The fourth-order valence-corrected chi connectivity index (χ4v) is 4.84. The highest BCUT2D eigenvalue weighted by Crippen LogP contribution is 2.36. The lowest BCUT2D eigenvalue weighted by molar-refractivity contribution is -0.144. The number of anilines is 2. The van der Waals surface area contributed by atoms with Crippen molar-refractivity contribution in [3.8, 4) is 0 Å². The number of nitrogens with zero attached hydrogens (tertiary/aromatic N) is 1. The maximum absolute atomic E-state index is 13.4. The first-order chi connectivity index (χ1) is 20.0. The molecule has 1 aliphatic rings. The van der Waals surface area contributed by atoms with Crippen LogP contribution in [0.4, 0.5) is 16.2 Å². The third kappa shape index (κ3) is 7.64. The second-order valence-electron chi connectivity index (χ2n) is 9.86. The second kappa shape index (κ2) is 13.2. The SMILES string of the molecule is CC(=O)N1Cc2cc(NC(=O)Nc3ccc(Cl)cc3)ccc2C1C(=O)NC(Cc1ccc(CCC(=O)O)cc1)C(=O)O. The molecule has 4 amide bonds. The van der Waals surface area contributed by atoms with E-state index in [0.717, 1.165) is 5.56 Å². The van der Waals surface area contributed by atoms with Crippen LogP contribution in [0.3, 0.4) is 0 Å². The molecule has 218 valence electrons. The van der Waals surface area contributed by atoms with Crippen LogP contribution >= 0.6 is 11.6 Å². The zero-order valence-corrected chi connectivity index (χ0v) is 23.4. The van der Waals surface area contributed by atoms with Crippen molar-refractivity contribution in [3.05, 3.63) is 94.0 Å². The first-order valence-electron chi connectivity index (χ1n) is 13.1. The minimum Gasteiger partial charge on any atom is -0.481 e. The summed E-state index contributed by atoms with van der Waals surface area (Å²) in [6, 6.07) is 15.5. The minimum absolute atomic E-state index is 0.00841. The van der Waals surface area contributed by atoms with Crippen LogP contribution in [0, 0.1) is 0 Å². The summed E-state index contributed by atoms with van der Waals surface area (Å²) in [5.41, 5.74) is 3.59. The lowest BCUT2D eigenvalue weighted by atomic mass is 10.0. The van der Waals surface area contributed by atoms with Crippen LogP contribution in [-0.4, -0.2) is 50.9 Å². The van der Waals surface area contributed by atoms with E-state index >= 15 is 0 Å². The van der Waals surface area contributed by atoms with Crippen LogP contribution < -0.4 is 16.0 Å². The molecule has 5 N–H and O–H groups in total. The maximum atomic E-state index is 13.4. The van der Waals surface area contributed by atoms with Gasteiger partial charge in [-0.25, -0.2) is 9.59 Å². The van der Waals surface area contributed by atoms with Crippen molar-refractivity contribution in [3.63, 3.8) is 0 Å². The zero-order chi connectivity index (χ0) is 30.4. The Hall–Kier alpha value is -4.90. The Morgan fingerprint density at radius 2 is 1.52 bits per heavy atom. The predicted molar refractivity (Wildman–Crippen MR) is 155 cm³/mol. The highest BCUT2D eigenvalue weighted by atomic mass is 35.5. The van der Waals surface area contributed by atoms with Gasteiger partial charge in [0.25, 0.3) is 0 Å². The van der Waals surface area contributed by atoms with Crippen molar-refractivity contribution in [1.29, 1.82) is 0 Å². The minimum atomic E-state index is -1.27. The Balaban J connectivity index is 1.45. The summed E-state index contributed by atoms with van der Waals surface area (Å²) in [5.74, 6) is -3.16. The van der Waals surface area contributed by atoms with Crippen molar-refractivity contribution < 1.29 is 34.2 Å². The van der Waals surface area contributed by atoms with E-state index in [1.165, 1.54) is 11.8 Å². The van der Waals surface area contributed by atoms with Gasteiger partial charge in [0.15, 0.2) is 0 Å². The van der Waals surface area contributed by atoms with Crippen molar-refractivity contribution in [2.75, 3.05) is 10.6 Å². The number of carboxylic acid groups (broad SMARTS) is 2. The molecule has 42 heavy (non-hydrogen) atoms. The molecule has 11 nitrogen and oxygen atoms in total. The molecule has 12 heteroatoms. The molecule has 2 unspecified atom stereocenters. The largest absolute Gasteiger partial charge is 0.481 e. The number of aliphatic carboxylic acids is 2. The normalized spacial score (nSPS) is 14.4. The lowest BCUT2D eigenvalue weighted by Gasteiger charge is -2.25. The summed E-state index contributed by atoms with van der Waals surface area (Å²) in [6.07, 6.45) is 0.323. The van der Waals surface area contributed by atoms with E-state index in [-0.39, 0.29) is 25.3 Å². The van der Waals surface area contributed by atoms with Crippen molar-refractivity contribution in [2.45, 2.75) is 44.8 Å². The molecule has 0 saturated heterocycles. The number of halogens is 1. The van der Waals surface area contributed by atoms with Gasteiger partial charge in [0.05, 0.1) is 0 Å². The third-order valence-electron chi connectivity index (χ3n) is 6.81. The van der Waals surface area contributed by atoms with Crippen LogP contribution in [-0.2, 0) is 38.6 Å². The number of fused-ring (bicyclic) bond motifs is 1. The van der Waals surface area contributed by atoms with Gasteiger partial charge in [-0.15, -0.1) is 0 Å². The molecular weight excluding hydrogens is 564 g/mol. The molecule has 1 heterocycles. The van der Waals surface area contributed by atoms with E-state index < -0.39 is 36.0 Å². The molecule has 0 saturated carbocycles. The number of amides is 4. The topological polar surface area (TPSA) is 165 Å². The van der Waals surface area contributed by atoms with E-state index in [4.69, 9.17) is 16.7 Å². The average molecular weight is 593 g/mol. The van der Waals surface area contributed by atoms with Gasteiger partial charge < -0.3 is 31.1 Å². The van der Waals surface area contributed by atoms with Crippen molar-refractivity contribution in [1.82, 2.24) is 10.2 Å². The van der Waals surface area contributed by atoms with Gasteiger partial charge in [-0.1, -0.05) is 41.9 Å². The molecule has 3 aromatic rings. The van der Waals surface area contributed by atoms with E-state index in [2.05, 4.69) is 16.0 Å². The van der Waals surface area contributed by atoms with E-state index in [1.807, 2.05) is 0 Å². The van der Waals surface area contributed by atoms with Crippen LogP contribution in [0.15, 0.2) is 66.7 Å². The first kappa shape index (κ1) is 30.1. The number of carbonyl (C=O) groups is 5. The number of hydrogen-bond acceptors (Lipinski definition) is 5. The highest BCUT2D eigenvalue weighted by Gasteiger charge is 2.38. The number of rotatable bonds is 10. The van der Waals surface area contributed by atoms with Gasteiger partial charge in [-0.3, -0.25) is 14.4 Å². The van der Waals surface area contributed by atoms with Gasteiger partial charge in [-0.05, 0) is 65.1 Å². The molecule has 0 radical (unpaired) electrons. The number of benzene rings is 3. The maximum Gasteiger partial charge on any atom is 0.326 e. The van der Waals surface area contributed by atoms with Crippen molar-refractivity contribution in [2.24, 2.45) is 0 Å². The number of aryl methyl sites for hydroxylation is 1. The van der Waals surface area contributed by atoms with Gasteiger partial charge in [0.1, 0.15) is 12.1 Å². The fraction of sp³-hybridized carbons (Fsp3) is 0.233. The number of hydrogen-bond donors (Lipinski definition) is 5. The molecule has 4 rings (SSSR count). The molecule has 0 aromatic heterocycles. The summed E-state index contributed by atoms with van der Waals surface area (Å²) in [4.78, 5) is 62.5. The average Bonchev–Trinajstić information content (AvgIpc) is 3.33.